The summed E-state index contributed by atoms with van der Waals surface area (Å²) in [5.74, 6) is -0.472. The van der Waals surface area contributed by atoms with E-state index >= 15 is 0 Å². The summed E-state index contributed by atoms with van der Waals surface area (Å²) in [6.07, 6.45) is 0.338. The molecule has 0 radical (unpaired) electrons. The first-order valence-corrected chi connectivity index (χ1v) is 10.4. The molecule has 2 aromatic carbocycles. The van der Waals surface area contributed by atoms with Crippen molar-refractivity contribution in [1.82, 2.24) is 4.31 Å². The number of nitrogens with one attached hydrogen (secondary N) is 2. The second-order valence-corrected chi connectivity index (χ2v) is 8.66. The minimum atomic E-state index is -3.80. The maximum absolute atomic E-state index is 12.8. The van der Waals surface area contributed by atoms with Gasteiger partial charge in [-0.2, -0.15) is 0 Å². The third-order valence-corrected chi connectivity index (χ3v) is 6.11. The first kappa shape index (κ1) is 22.4. The first-order valence-electron chi connectivity index (χ1n) is 8.92. The lowest BCUT2D eigenvalue weighted by Crippen LogP contribution is -2.23. The standard InChI is InChI=1S/C20H25N3O5S/c1-6-19(24)21-15-9-7-13(2)16(12-15)22-20(25)14-8-10-17(28-5)18(11-14)29(26,27)23(3)4/h7-12H,6H2,1-5H3,(H,21,24)(H,22,25). The summed E-state index contributed by atoms with van der Waals surface area (Å²) in [5, 5.41) is 5.50. The van der Waals surface area contributed by atoms with E-state index in [4.69, 9.17) is 4.74 Å². The van der Waals surface area contributed by atoms with Crippen LogP contribution in [0.15, 0.2) is 41.3 Å². The Morgan fingerprint density at radius 2 is 1.76 bits per heavy atom. The third-order valence-electron chi connectivity index (χ3n) is 4.28. The van der Waals surface area contributed by atoms with Crippen LogP contribution in [0, 0.1) is 6.92 Å². The van der Waals surface area contributed by atoms with Crippen LogP contribution in [0.3, 0.4) is 0 Å². The predicted octanol–water partition coefficient (Wildman–Crippen LogP) is 2.85. The molecular formula is C20H25N3O5S. The summed E-state index contributed by atoms with van der Waals surface area (Å²) < 4.78 is 31.3. The highest BCUT2D eigenvalue weighted by atomic mass is 32.2. The Balaban J connectivity index is 2.37. The van der Waals surface area contributed by atoms with Crippen LogP contribution in [0.5, 0.6) is 5.75 Å². The molecule has 0 aliphatic carbocycles. The molecule has 156 valence electrons. The molecule has 0 atom stereocenters. The molecule has 0 bridgehead atoms. The van der Waals surface area contributed by atoms with Gasteiger partial charge in [0.25, 0.3) is 5.91 Å². The quantitative estimate of drug-likeness (QED) is 0.718. The molecule has 0 aromatic heterocycles. The highest BCUT2D eigenvalue weighted by molar-refractivity contribution is 7.89. The summed E-state index contributed by atoms with van der Waals surface area (Å²) in [4.78, 5) is 24.3. The number of hydrogen-bond acceptors (Lipinski definition) is 5. The monoisotopic (exact) mass is 419 g/mol. The van der Waals surface area contributed by atoms with Gasteiger partial charge < -0.3 is 15.4 Å². The highest BCUT2D eigenvalue weighted by Gasteiger charge is 2.24. The van der Waals surface area contributed by atoms with Crippen LogP contribution in [-0.4, -0.2) is 45.7 Å². The lowest BCUT2D eigenvalue weighted by Gasteiger charge is -2.16. The fraction of sp³-hybridized carbons (Fsp3) is 0.300. The van der Waals surface area contributed by atoms with Crippen LogP contribution in [0.4, 0.5) is 11.4 Å². The van der Waals surface area contributed by atoms with Crippen molar-refractivity contribution in [2.24, 2.45) is 0 Å². The average molecular weight is 420 g/mol. The van der Waals surface area contributed by atoms with Crippen molar-refractivity contribution in [3.8, 4) is 5.75 Å². The van der Waals surface area contributed by atoms with Crippen molar-refractivity contribution in [3.63, 3.8) is 0 Å². The maximum atomic E-state index is 12.8. The molecule has 2 amide bonds. The Labute approximate surface area is 170 Å². The van der Waals surface area contributed by atoms with E-state index in [2.05, 4.69) is 10.6 Å². The molecule has 0 saturated heterocycles. The van der Waals surface area contributed by atoms with Gasteiger partial charge in [-0.3, -0.25) is 9.59 Å². The van der Waals surface area contributed by atoms with Gasteiger partial charge in [-0.25, -0.2) is 12.7 Å². The smallest absolute Gasteiger partial charge is 0.255 e. The molecular weight excluding hydrogens is 394 g/mol. The SMILES string of the molecule is CCC(=O)Nc1ccc(C)c(NC(=O)c2ccc(OC)c(S(=O)(=O)N(C)C)c2)c1. The largest absolute Gasteiger partial charge is 0.495 e. The third kappa shape index (κ3) is 5.12. The average Bonchev–Trinajstić information content (AvgIpc) is 2.69. The zero-order valence-electron chi connectivity index (χ0n) is 17.1. The van der Waals surface area contributed by atoms with E-state index < -0.39 is 15.9 Å². The van der Waals surface area contributed by atoms with Crippen LogP contribution in [0.25, 0.3) is 0 Å². The minimum absolute atomic E-state index is 0.0988. The van der Waals surface area contributed by atoms with Crippen LogP contribution in [0.2, 0.25) is 0 Å². The number of anilines is 2. The van der Waals surface area contributed by atoms with Crippen LogP contribution >= 0.6 is 0 Å². The summed E-state index contributed by atoms with van der Waals surface area (Å²) in [5.41, 5.74) is 2.02. The van der Waals surface area contributed by atoms with E-state index in [1.807, 2.05) is 6.92 Å². The first-order chi connectivity index (χ1) is 13.6. The van der Waals surface area contributed by atoms with Gasteiger partial charge >= 0.3 is 0 Å². The Morgan fingerprint density at radius 3 is 2.34 bits per heavy atom. The number of rotatable bonds is 7. The fourth-order valence-electron chi connectivity index (χ4n) is 2.49. The summed E-state index contributed by atoms with van der Waals surface area (Å²) in [7, 11) is 0.373. The Morgan fingerprint density at radius 1 is 1.07 bits per heavy atom. The van der Waals surface area contributed by atoms with Crippen molar-refractivity contribution in [2.75, 3.05) is 31.8 Å². The number of amides is 2. The van der Waals surface area contributed by atoms with Crippen LogP contribution in [-0.2, 0) is 14.8 Å². The Hall–Kier alpha value is -2.91. The van der Waals surface area contributed by atoms with Crippen molar-refractivity contribution < 1.29 is 22.7 Å². The van der Waals surface area contributed by atoms with Gasteiger partial charge in [0.15, 0.2) is 0 Å². The van der Waals surface area contributed by atoms with E-state index in [0.717, 1.165) is 9.87 Å². The van der Waals surface area contributed by atoms with E-state index in [1.54, 1.807) is 25.1 Å². The summed E-state index contributed by atoms with van der Waals surface area (Å²) >= 11 is 0. The molecule has 2 aromatic rings. The number of carbonyl (C=O) groups excluding carboxylic acids is 2. The van der Waals surface area contributed by atoms with E-state index in [9.17, 15) is 18.0 Å². The Kier molecular flexibility index (Phi) is 6.99. The molecule has 0 fully saturated rings. The second kappa shape index (κ2) is 9.06. The fourth-order valence-corrected chi connectivity index (χ4v) is 3.57. The number of ether oxygens (including phenoxy) is 1. The number of carbonyl (C=O) groups is 2. The normalized spacial score (nSPS) is 11.2. The number of benzene rings is 2. The van der Waals surface area contributed by atoms with Crippen molar-refractivity contribution in [3.05, 3.63) is 47.5 Å². The van der Waals surface area contributed by atoms with Crippen molar-refractivity contribution >= 4 is 33.2 Å². The Bertz CT molecular complexity index is 1030. The van der Waals surface area contributed by atoms with Crippen molar-refractivity contribution in [2.45, 2.75) is 25.2 Å². The predicted molar refractivity (Wildman–Crippen MR) is 112 cm³/mol. The molecule has 9 heteroatoms. The molecule has 29 heavy (non-hydrogen) atoms. The molecule has 0 unspecified atom stereocenters. The zero-order chi connectivity index (χ0) is 21.8. The van der Waals surface area contributed by atoms with Gasteiger partial charge in [0.05, 0.1) is 7.11 Å². The highest BCUT2D eigenvalue weighted by Crippen LogP contribution is 2.28. The van der Waals surface area contributed by atoms with Gasteiger partial charge in [-0.1, -0.05) is 13.0 Å². The van der Waals surface area contributed by atoms with E-state index in [1.165, 1.54) is 39.4 Å². The molecule has 2 rings (SSSR count). The lowest BCUT2D eigenvalue weighted by molar-refractivity contribution is -0.115. The second-order valence-electron chi connectivity index (χ2n) is 6.54. The van der Waals surface area contributed by atoms with Gasteiger partial charge in [0.2, 0.25) is 15.9 Å². The summed E-state index contributed by atoms with van der Waals surface area (Å²) in [6, 6.07) is 9.38. The molecule has 8 nitrogen and oxygen atoms in total. The van der Waals surface area contributed by atoms with Crippen molar-refractivity contribution in [1.29, 1.82) is 0 Å². The molecule has 0 saturated carbocycles. The molecule has 0 heterocycles. The number of sulfonamides is 1. The van der Waals surface area contributed by atoms with Gasteiger partial charge in [-0.05, 0) is 42.8 Å². The zero-order valence-corrected chi connectivity index (χ0v) is 17.9. The molecule has 2 N–H and O–H groups in total. The van der Waals surface area contributed by atoms with Gasteiger partial charge in [0, 0.05) is 37.5 Å². The topological polar surface area (TPSA) is 105 Å². The van der Waals surface area contributed by atoms with Crippen LogP contribution in [0.1, 0.15) is 29.3 Å². The van der Waals surface area contributed by atoms with Gasteiger partial charge in [-0.15, -0.1) is 0 Å². The number of methoxy groups -OCH3 is 1. The number of hydrogen-bond donors (Lipinski definition) is 2. The van der Waals surface area contributed by atoms with E-state index in [-0.39, 0.29) is 22.1 Å². The molecule has 0 spiro atoms. The number of aryl methyl sites for hydroxylation is 1. The lowest BCUT2D eigenvalue weighted by atomic mass is 10.1. The van der Waals surface area contributed by atoms with E-state index in [0.29, 0.717) is 17.8 Å². The number of nitrogens with zero attached hydrogens (tertiary/aromatic N) is 1. The van der Waals surface area contributed by atoms with Gasteiger partial charge in [0.1, 0.15) is 10.6 Å². The summed E-state index contributed by atoms with van der Waals surface area (Å²) in [6.45, 7) is 3.56. The maximum Gasteiger partial charge on any atom is 0.255 e. The minimum Gasteiger partial charge on any atom is -0.495 e. The molecule has 0 aliphatic rings. The molecule has 0 aliphatic heterocycles. The van der Waals surface area contributed by atoms with Crippen LogP contribution < -0.4 is 15.4 Å².